The van der Waals surface area contributed by atoms with Gasteiger partial charge in [-0.25, -0.2) is 8.42 Å². The standard InChI is InChI=1S/C32H34O7S/c33-31(34)30-18-29(30)23-6-8-25(9-7-23)38-19-21-4-5-22-2-1-3-24-17-26(10-11-27(24)28(22)16-21)39-20-32(35)12-14-40(36,37)15-13-32/h4-11,16-17,29-30,35H,1-3,12-15,18-20H2,(H,33,34). The average Bonchev–Trinajstić information content (AvgIpc) is 3.77. The highest BCUT2D eigenvalue weighted by molar-refractivity contribution is 7.91. The molecule has 8 heteroatoms. The van der Waals surface area contributed by atoms with Gasteiger partial charge in [-0.1, -0.05) is 30.3 Å². The zero-order valence-electron chi connectivity index (χ0n) is 22.3. The van der Waals surface area contributed by atoms with Crippen LogP contribution in [-0.4, -0.2) is 48.3 Å². The topological polar surface area (TPSA) is 110 Å². The van der Waals surface area contributed by atoms with E-state index in [9.17, 15) is 18.3 Å². The normalized spacial score (nSPS) is 22.3. The van der Waals surface area contributed by atoms with Gasteiger partial charge in [-0.3, -0.25) is 4.79 Å². The van der Waals surface area contributed by atoms with Crippen molar-refractivity contribution < 1.29 is 32.9 Å². The summed E-state index contributed by atoms with van der Waals surface area (Å²) in [5.74, 6) is 0.562. The number of rotatable bonds is 8. The summed E-state index contributed by atoms with van der Waals surface area (Å²) in [6.07, 6.45) is 4.04. The molecule has 1 heterocycles. The quantitative estimate of drug-likeness (QED) is 0.401. The third-order valence-electron chi connectivity index (χ3n) is 8.52. The maximum absolute atomic E-state index is 11.7. The van der Waals surface area contributed by atoms with Gasteiger partial charge in [-0.05, 0) is 108 Å². The van der Waals surface area contributed by atoms with Gasteiger partial charge in [0.05, 0.1) is 17.4 Å². The molecule has 2 atom stereocenters. The Labute approximate surface area is 234 Å². The van der Waals surface area contributed by atoms with Crippen molar-refractivity contribution in [1.82, 2.24) is 0 Å². The van der Waals surface area contributed by atoms with Crippen LogP contribution in [-0.2, 0) is 34.1 Å². The molecule has 3 aromatic rings. The molecule has 6 rings (SSSR count). The van der Waals surface area contributed by atoms with Crippen LogP contribution < -0.4 is 9.47 Å². The Hall–Kier alpha value is -3.36. The van der Waals surface area contributed by atoms with Crippen LogP contribution in [0, 0.1) is 5.92 Å². The predicted molar refractivity (Wildman–Crippen MR) is 151 cm³/mol. The minimum Gasteiger partial charge on any atom is -0.491 e. The first kappa shape index (κ1) is 26.8. The molecule has 2 fully saturated rings. The fourth-order valence-corrected chi connectivity index (χ4v) is 7.46. The number of aryl methyl sites for hydroxylation is 2. The number of fused-ring (bicyclic) bond motifs is 3. The largest absolute Gasteiger partial charge is 0.491 e. The Kier molecular flexibility index (Phi) is 7.09. The van der Waals surface area contributed by atoms with Crippen molar-refractivity contribution in [2.75, 3.05) is 18.1 Å². The van der Waals surface area contributed by atoms with Crippen molar-refractivity contribution >= 4 is 15.8 Å². The van der Waals surface area contributed by atoms with Crippen LogP contribution in [0.15, 0.2) is 60.7 Å². The second kappa shape index (κ2) is 10.6. The van der Waals surface area contributed by atoms with E-state index >= 15 is 0 Å². The second-order valence-corrected chi connectivity index (χ2v) is 13.8. The number of benzene rings is 3. The summed E-state index contributed by atoms with van der Waals surface area (Å²) < 4.78 is 35.5. The van der Waals surface area contributed by atoms with E-state index in [2.05, 4.69) is 24.3 Å². The molecule has 0 bridgehead atoms. The Balaban J connectivity index is 1.12. The van der Waals surface area contributed by atoms with Gasteiger partial charge in [-0.2, -0.15) is 0 Å². The lowest BCUT2D eigenvalue weighted by atomic mass is 9.94. The van der Waals surface area contributed by atoms with E-state index in [0.29, 0.717) is 18.8 Å². The molecule has 1 aliphatic heterocycles. The highest BCUT2D eigenvalue weighted by Crippen LogP contribution is 2.47. The van der Waals surface area contributed by atoms with Crippen molar-refractivity contribution in [2.45, 2.75) is 56.7 Å². The molecule has 3 aromatic carbocycles. The highest BCUT2D eigenvalue weighted by Gasteiger charge is 2.44. The third-order valence-corrected chi connectivity index (χ3v) is 10.2. The molecule has 0 amide bonds. The van der Waals surface area contributed by atoms with Gasteiger partial charge in [0.25, 0.3) is 0 Å². The molecule has 0 radical (unpaired) electrons. The number of hydrogen-bond donors (Lipinski definition) is 2. The number of carbonyl (C=O) groups is 1. The molecule has 0 spiro atoms. The SMILES string of the molecule is O=C(O)C1CC1c1ccc(OCc2ccc3c(c2)-c2ccc(OCC4(O)CCS(=O)(=O)CC4)cc2CCC3)cc1. The van der Waals surface area contributed by atoms with E-state index in [0.717, 1.165) is 36.1 Å². The van der Waals surface area contributed by atoms with E-state index in [1.807, 2.05) is 36.4 Å². The molecule has 0 aromatic heterocycles. The minimum absolute atomic E-state index is 0.00112. The molecule has 1 saturated carbocycles. The highest BCUT2D eigenvalue weighted by atomic mass is 32.2. The molecule has 40 heavy (non-hydrogen) atoms. The Morgan fingerprint density at radius 2 is 1.60 bits per heavy atom. The Morgan fingerprint density at radius 3 is 2.33 bits per heavy atom. The Bertz CT molecular complexity index is 1510. The zero-order valence-corrected chi connectivity index (χ0v) is 23.2. The van der Waals surface area contributed by atoms with Crippen LogP contribution in [0.25, 0.3) is 11.1 Å². The number of sulfone groups is 1. The number of ether oxygens (including phenoxy) is 2. The van der Waals surface area contributed by atoms with Gasteiger partial charge in [0, 0.05) is 0 Å². The number of aliphatic hydroxyl groups is 1. The van der Waals surface area contributed by atoms with E-state index in [1.165, 1.54) is 22.3 Å². The summed E-state index contributed by atoms with van der Waals surface area (Å²) in [4.78, 5) is 11.2. The molecule has 210 valence electrons. The zero-order chi connectivity index (χ0) is 27.9. The summed E-state index contributed by atoms with van der Waals surface area (Å²) in [5.41, 5.74) is 5.87. The smallest absolute Gasteiger partial charge is 0.307 e. The maximum atomic E-state index is 11.7. The van der Waals surface area contributed by atoms with Gasteiger partial charge < -0.3 is 19.7 Å². The fourth-order valence-electron chi connectivity index (χ4n) is 5.88. The second-order valence-electron chi connectivity index (χ2n) is 11.5. The van der Waals surface area contributed by atoms with Crippen molar-refractivity contribution in [3.63, 3.8) is 0 Å². The van der Waals surface area contributed by atoms with Crippen LogP contribution in [0.1, 0.15) is 53.9 Å². The van der Waals surface area contributed by atoms with E-state index < -0.39 is 21.4 Å². The molecule has 1 saturated heterocycles. The first-order valence-corrected chi connectivity index (χ1v) is 15.8. The van der Waals surface area contributed by atoms with Gasteiger partial charge in [-0.15, -0.1) is 0 Å². The van der Waals surface area contributed by atoms with E-state index in [-0.39, 0.29) is 42.8 Å². The van der Waals surface area contributed by atoms with Crippen LogP contribution >= 0.6 is 0 Å². The van der Waals surface area contributed by atoms with E-state index in [4.69, 9.17) is 14.6 Å². The summed E-state index contributed by atoms with van der Waals surface area (Å²) in [6, 6.07) is 20.3. The minimum atomic E-state index is -3.05. The van der Waals surface area contributed by atoms with Crippen LogP contribution in [0.5, 0.6) is 11.5 Å². The summed E-state index contributed by atoms with van der Waals surface area (Å²) in [7, 11) is -3.05. The summed E-state index contributed by atoms with van der Waals surface area (Å²) >= 11 is 0. The lowest BCUT2D eigenvalue weighted by molar-refractivity contribution is -0.138. The Morgan fingerprint density at radius 1 is 0.875 bits per heavy atom. The molecular weight excluding hydrogens is 528 g/mol. The molecule has 2 aliphatic carbocycles. The molecule has 2 N–H and O–H groups in total. The van der Waals surface area contributed by atoms with Crippen molar-refractivity contribution in [1.29, 1.82) is 0 Å². The van der Waals surface area contributed by atoms with Crippen molar-refractivity contribution in [2.24, 2.45) is 5.92 Å². The van der Waals surface area contributed by atoms with Crippen molar-refractivity contribution in [3.8, 4) is 22.6 Å². The maximum Gasteiger partial charge on any atom is 0.307 e. The lowest BCUT2D eigenvalue weighted by Gasteiger charge is -2.31. The third kappa shape index (κ3) is 5.88. The van der Waals surface area contributed by atoms with Crippen molar-refractivity contribution in [3.05, 3.63) is 82.9 Å². The van der Waals surface area contributed by atoms with E-state index in [1.54, 1.807) is 0 Å². The molecular formula is C32H34O7S. The number of aliphatic carboxylic acids is 1. The van der Waals surface area contributed by atoms with Gasteiger partial charge >= 0.3 is 5.97 Å². The first-order chi connectivity index (χ1) is 19.2. The first-order valence-electron chi connectivity index (χ1n) is 13.9. The number of carboxylic acids is 1. The summed E-state index contributed by atoms with van der Waals surface area (Å²) in [6.45, 7) is 0.514. The predicted octanol–water partition coefficient (Wildman–Crippen LogP) is 4.93. The van der Waals surface area contributed by atoms with Crippen LogP contribution in [0.4, 0.5) is 0 Å². The number of carboxylic acid groups (broad SMARTS) is 1. The average molecular weight is 563 g/mol. The van der Waals surface area contributed by atoms with Gasteiger partial charge in [0.15, 0.2) is 9.84 Å². The van der Waals surface area contributed by atoms with Crippen LogP contribution in [0.2, 0.25) is 0 Å². The van der Waals surface area contributed by atoms with Gasteiger partial charge in [0.1, 0.15) is 30.3 Å². The summed E-state index contributed by atoms with van der Waals surface area (Å²) in [5, 5.41) is 20.0. The van der Waals surface area contributed by atoms with Crippen LogP contribution in [0.3, 0.4) is 0 Å². The molecule has 7 nitrogen and oxygen atoms in total. The monoisotopic (exact) mass is 562 g/mol. The van der Waals surface area contributed by atoms with Gasteiger partial charge in [0.2, 0.25) is 0 Å². The lowest BCUT2D eigenvalue weighted by Crippen LogP contribution is -2.43. The number of hydrogen-bond acceptors (Lipinski definition) is 6. The molecule has 2 unspecified atom stereocenters. The molecule has 3 aliphatic rings. The fraction of sp³-hybridized carbons (Fsp3) is 0.406.